The minimum atomic E-state index is 0.427. The molecule has 1 aliphatic rings. The zero-order valence-electron chi connectivity index (χ0n) is 7.20. The Morgan fingerprint density at radius 1 is 1.58 bits per heavy atom. The van der Waals surface area contributed by atoms with E-state index in [-0.39, 0.29) is 0 Å². The first kappa shape index (κ1) is 8.71. The second kappa shape index (κ2) is 3.85. The molecule has 0 atom stereocenters. The molecule has 1 aliphatic heterocycles. The zero-order valence-corrected chi connectivity index (χ0v) is 7.20. The zero-order chi connectivity index (χ0) is 8.97. The van der Waals surface area contributed by atoms with Crippen LogP contribution in [0.25, 0.3) is 0 Å². The van der Waals surface area contributed by atoms with Crippen molar-refractivity contribution in [3.05, 3.63) is 23.6 Å². The molecule has 0 unspecified atom stereocenters. The van der Waals surface area contributed by atoms with E-state index in [4.69, 9.17) is 4.74 Å². The van der Waals surface area contributed by atoms with Crippen molar-refractivity contribution in [2.45, 2.75) is 20.3 Å². The van der Waals surface area contributed by atoms with Gasteiger partial charge in [0.05, 0.1) is 0 Å². The highest BCUT2D eigenvalue weighted by molar-refractivity contribution is 5.84. The van der Waals surface area contributed by atoms with Crippen molar-refractivity contribution in [3.63, 3.8) is 0 Å². The van der Waals surface area contributed by atoms with Gasteiger partial charge in [-0.05, 0) is 19.9 Å². The number of carbonyl (C=O) groups excluding carboxylic acids is 1. The average Bonchev–Trinajstić information content (AvgIpc) is 2.13. The normalized spacial score (nSPS) is 17.0. The van der Waals surface area contributed by atoms with Crippen molar-refractivity contribution >= 4 is 12.2 Å². The van der Waals surface area contributed by atoms with Crippen LogP contribution in [0, 0.1) is 0 Å². The summed E-state index contributed by atoms with van der Waals surface area (Å²) in [5.74, 6) is 0.572. The van der Waals surface area contributed by atoms with Gasteiger partial charge in [-0.2, -0.15) is 0 Å². The molecule has 0 spiro atoms. The van der Waals surface area contributed by atoms with Gasteiger partial charge in [-0.3, -0.25) is 9.79 Å². The van der Waals surface area contributed by atoms with Gasteiger partial charge in [0, 0.05) is 23.9 Å². The predicted octanol–water partition coefficient (Wildman–Crippen LogP) is 1.81. The molecular weight excluding hydrogens is 154 g/mol. The summed E-state index contributed by atoms with van der Waals surface area (Å²) < 4.78 is 4.71. The van der Waals surface area contributed by atoms with E-state index >= 15 is 0 Å². The SMILES string of the molecule is CC1=CC(OC=O)=CCC(C)=N1. The monoisotopic (exact) mass is 165 g/mol. The molecule has 3 nitrogen and oxygen atoms in total. The first-order valence-electron chi connectivity index (χ1n) is 3.75. The summed E-state index contributed by atoms with van der Waals surface area (Å²) in [6.45, 7) is 4.24. The van der Waals surface area contributed by atoms with Crippen molar-refractivity contribution in [2.75, 3.05) is 0 Å². The van der Waals surface area contributed by atoms with Crippen molar-refractivity contribution in [1.82, 2.24) is 0 Å². The van der Waals surface area contributed by atoms with Crippen LogP contribution in [-0.2, 0) is 9.53 Å². The largest absolute Gasteiger partial charge is 0.429 e. The predicted molar refractivity (Wildman–Crippen MR) is 46.7 cm³/mol. The summed E-state index contributed by atoms with van der Waals surface area (Å²) in [5, 5.41) is 0. The molecule has 12 heavy (non-hydrogen) atoms. The topological polar surface area (TPSA) is 38.7 Å². The van der Waals surface area contributed by atoms with Crippen LogP contribution >= 0.6 is 0 Å². The summed E-state index contributed by atoms with van der Waals surface area (Å²) in [6, 6.07) is 0. The smallest absolute Gasteiger partial charge is 0.298 e. The van der Waals surface area contributed by atoms with Crippen molar-refractivity contribution in [1.29, 1.82) is 0 Å². The fourth-order valence-electron chi connectivity index (χ4n) is 1.03. The third-order valence-corrected chi connectivity index (χ3v) is 1.50. The average molecular weight is 165 g/mol. The Morgan fingerprint density at radius 3 is 3.00 bits per heavy atom. The van der Waals surface area contributed by atoms with E-state index in [2.05, 4.69) is 4.99 Å². The van der Waals surface area contributed by atoms with Crippen LogP contribution < -0.4 is 0 Å². The maximum Gasteiger partial charge on any atom is 0.298 e. The van der Waals surface area contributed by atoms with Crippen molar-refractivity contribution in [2.24, 2.45) is 4.99 Å². The van der Waals surface area contributed by atoms with E-state index in [0.717, 1.165) is 17.8 Å². The van der Waals surface area contributed by atoms with Gasteiger partial charge in [0.1, 0.15) is 5.76 Å². The highest BCUT2D eigenvalue weighted by atomic mass is 16.5. The summed E-state index contributed by atoms with van der Waals surface area (Å²) >= 11 is 0. The maximum atomic E-state index is 10.0. The lowest BCUT2D eigenvalue weighted by Gasteiger charge is -1.95. The molecule has 0 bridgehead atoms. The van der Waals surface area contributed by atoms with Gasteiger partial charge < -0.3 is 4.74 Å². The number of ether oxygens (including phenoxy) is 1. The Hall–Kier alpha value is -1.38. The number of rotatable bonds is 2. The van der Waals surface area contributed by atoms with Crippen LogP contribution in [0.5, 0.6) is 0 Å². The molecule has 1 rings (SSSR count). The number of hydrogen-bond donors (Lipinski definition) is 0. The van der Waals surface area contributed by atoms with Gasteiger partial charge in [-0.15, -0.1) is 0 Å². The van der Waals surface area contributed by atoms with Crippen LogP contribution in [-0.4, -0.2) is 12.2 Å². The van der Waals surface area contributed by atoms with Crippen LogP contribution in [0.4, 0.5) is 0 Å². The molecule has 64 valence electrons. The molecule has 1 heterocycles. The maximum absolute atomic E-state index is 10.0. The standard InChI is InChI=1S/C9H11NO2/c1-7-3-4-9(12-6-11)5-8(2)10-7/h4-6H,3H2,1-2H3. The van der Waals surface area contributed by atoms with Crippen molar-refractivity contribution < 1.29 is 9.53 Å². The Labute approximate surface area is 71.4 Å². The fourth-order valence-corrected chi connectivity index (χ4v) is 1.03. The Kier molecular flexibility index (Phi) is 2.80. The summed E-state index contributed by atoms with van der Waals surface area (Å²) in [5.41, 5.74) is 1.88. The number of aliphatic imine (C=N–C) groups is 1. The summed E-state index contributed by atoms with van der Waals surface area (Å²) in [6.07, 6.45) is 4.31. The Morgan fingerprint density at radius 2 is 2.33 bits per heavy atom. The van der Waals surface area contributed by atoms with E-state index in [0.29, 0.717) is 12.2 Å². The van der Waals surface area contributed by atoms with E-state index in [1.807, 2.05) is 19.9 Å². The van der Waals surface area contributed by atoms with Crippen molar-refractivity contribution in [3.8, 4) is 0 Å². The summed E-state index contributed by atoms with van der Waals surface area (Å²) in [4.78, 5) is 14.3. The Balaban J connectivity index is 2.81. The molecule has 0 aromatic heterocycles. The molecule has 0 aliphatic carbocycles. The number of carbonyl (C=O) groups is 1. The van der Waals surface area contributed by atoms with Gasteiger partial charge >= 0.3 is 0 Å². The van der Waals surface area contributed by atoms with Crippen LogP contribution in [0.1, 0.15) is 20.3 Å². The lowest BCUT2D eigenvalue weighted by atomic mass is 10.3. The van der Waals surface area contributed by atoms with Gasteiger partial charge in [-0.1, -0.05) is 0 Å². The molecule has 0 radical (unpaired) electrons. The van der Waals surface area contributed by atoms with Crippen LogP contribution in [0.2, 0.25) is 0 Å². The molecule has 0 aromatic carbocycles. The first-order chi connectivity index (χ1) is 5.72. The minimum Gasteiger partial charge on any atom is -0.429 e. The quantitative estimate of drug-likeness (QED) is 0.585. The third kappa shape index (κ3) is 2.34. The molecule has 0 fully saturated rings. The van der Waals surface area contributed by atoms with Gasteiger partial charge in [-0.25, -0.2) is 0 Å². The molecule has 0 amide bonds. The molecule has 3 heteroatoms. The van der Waals surface area contributed by atoms with Gasteiger partial charge in [0.15, 0.2) is 0 Å². The Bertz CT molecular complexity index is 274. The molecule has 0 aromatic rings. The molecule has 0 saturated heterocycles. The number of allylic oxidation sites excluding steroid dienone is 3. The lowest BCUT2D eigenvalue weighted by Crippen LogP contribution is -1.88. The highest BCUT2D eigenvalue weighted by Crippen LogP contribution is 2.11. The first-order valence-corrected chi connectivity index (χ1v) is 3.75. The van der Waals surface area contributed by atoms with E-state index < -0.39 is 0 Å². The minimum absolute atomic E-state index is 0.427. The van der Waals surface area contributed by atoms with Gasteiger partial charge in [0.2, 0.25) is 0 Å². The highest BCUT2D eigenvalue weighted by Gasteiger charge is 2.00. The second-order valence-electron chi connectivity index (χ2n) is 2.66. The number of nitrogens with zero attached hydrogens (tertiary/aromatic N) is 1. The van der Waals surface area contributed by atoms with Crippen LogP contribution in [0.3, 0.4) is 0 Å². The summed E-state index contributed by atoms with van der Waals surface area (Å²) in [7, 11) is 0. The fraction of sp³-hybridized carbons (Fsp3) is 0.333. The third-order valence-electron chi connectivity index (χ3n) is 1.50. The molecule has 0 N–H and O–H groups in total. The second-order valence-corrected chi connectivity index (χ2v) is 2.66. The van der Waals surface area contributed by atoms with E-state index in [1.165, 1.54) is 0 Å². The lowest BCUT2D eigenvalue weighted by molar-refractivity contribution is -0.124. The van der Waals surface area contributed by atoms with Gasteiger partial charge in [0.25, 0.3) is 6.47 Å². The number of hydrogen-bond acceptors (Lipinski definition) is 3. The molecule has 0 saturated carbocycles. The van der Waals surface area contributed by atoms with E-state index in [1.54, 1.807) is 6.08 Å². The molecular formula is C9H11NO2. The van der Waals surface area contributed by atoms with E-state index in [9.17, 15) is 4.79 Å². The van der Waals surface area contributed by atoms with Crippen LogP contribution in [0.15, 0.2) is 28.6 Å².